The predicted molar refractivity (Wildman–Crippen MR) is 41.4 cm³/mol. The Morgan fingerprint density at radius 3 is 2.83 bits per heavy atom. The molecule has 0 bridgehead atoms. The van der Waals surface area contributed by atoms with Gasteiger partial charge in [-0.2, -0.15) is 0 Å². The second-order valence-electron chi connectivity index (χ2n) is 3.69. The van der Waals surface area contributed by atoms with Crippen molar-refractivity contribution in [1.82, 2.24) is 0 Å². The van der Waals surface area contributed by atoms with Gasteiger partial charge in [0, 0.05) is 19.3 Å². The first-order valence-corrected chi connectivity index (χ1v) is 4.43. The Morgan fingerprint density at radius 2 is 2.00 bits per heavy atom. The van der Waals surface area contributed by atoms with E-state index in [-0.39, 0.29) is 11.9 Å². The summed E-state index contributed by atoms with van der Waals surface area (Å²) in [5.74, 6) is 0.921. The number of esters is 1. The summed E-state index contributed by atoms with van der Waals surface area (Å²) >= 11 is 0. The molecule has 1 aliphatic heterocycles. The molecule has 1 heterocycles. The maximum absolute atomic E-state index is 11.1. The van der Waals surface area contributed by atoms with Crippen LogP contribution in [0.1, 0.15) is 25.7 Å². The highest BCUT2D eigenvalue weighted by molar-refractivity contribution is 5.81. The zero-order valence-electron chi connectivity index (χ0n) is 6.91. The van der Waals surface area contributed by atoms with E-state index < -0.39 is 0 Å². The molecule has 12 heavy (non-hydrogen) atoms. The van der Waals surface area contributed by atoms with Crippen molar-refractivity contribution in [3.05, 3.63) is 0 Å². The average Bonchev–Trinajstić information content (AvgIpc) is 2.03. The van der Waals surface area contributed by atoms with E-state index in [1.165, 1.54) is 0 Å². The van der Waals surface area contributed by atoms with Gasteiger partial charge in [0.15, 0.2) is 0 Å². The summed E-state index contributed by atoms with van der Waals surface area (Å²) in [6, 6.07) is 0. The number of fused-ring (bicyclic) bond motifs is 1. The number of carbonyl (C=O) groups excluding carboxylic acids is 2. The summed E-state index contributed by atoms with van der Waals surface area (Å²) in [5.41, 5.74) is 0. The fourth-order valence-corrected chi connectivity index (χ4v) is 2.07. The van der Waals surface area contributed by atoms with Crippen LogP contribution in [0.15, 0.2) is 0 Å². The van der Waals surface area contributed by atoms with Crippen molar-refractivity contribution in [2.75, 3.05) is 6.61 Å². The number of carbonyl (C=O) groups is 2. The maximum atomic E-state index is 11.1. The Hall–Kier alpha value is -0.860. The Labute approximate surface area is 71.1 Å². The molecule has 0 aromatic carbocycles. The van der Waals surface area contributed by atoms with Crippen molar-refractivity contribution >= 4 is 11.8 Å². The van der Waals surface area contributed by atoms with Crippen LogP contribution in [0, 0.1) is 11.8 Å². The molecule has 1 saturated heterocycles. The number of cyclic esters (lactones) is 1. The van der Waals surface area contributed by atoms with Gasteiger partial charge in [0.05, 0.1) is 6.61 Å². The minimum atomic E-state index is -0.133. The molecule has 3 heteroatoms. The standard InChI is InChI=1S/C9H12O3/c10-8-2-1-6-5-12-9(11)4-7(6)3-8/h6-7H,1-5H2/t6-,7+/m0/s1. The van der Waals surface area contributed by atoms with Crippen LogP contribution >= 0.6 is 0 Å². The summed E-state index contributed by atoms with van der Waals surface area (Å²) < 4.78 is 4.93. The van der Waals surface area contributed by atoms with E-state index in [1.807, 2.05) is 0 Å². The van der Waals surface area contributed by atoms with Crippen molar-refractivity contribution < 1.29 is 14.3 Å². The number of hydrogen-bond donors (Lipinski definition) is 0. The molecular weight excluding hydrogens is 156 g/mol. The van der Waals surface area contributed by atoms with Crippen LogP contribution < -0.4 is 0 Å². The third kappa shape index (κ3) is 1.36. The number of hydrogen-bond acceptors (Lipinski definition) is 3. The van der Waals surface area contributed by atoms with Crippen LogP contribution in [0.25, 0.3) is 0 Å². The van der Waals surface area contributed by atoms with Gasteiger partial charge in [-0.25, -0.2) is 0 Å². The van der Waals surface area contributed by atoms with Gasteiger partial charge in [-0.3, -0.25) is 9.59 Å². The van der Waals surface area contributed by atoms with E-state index in [0.29, 0.717) is 37.6 Å². The van der Waals surface area contributed by atoms with E-state index in [4.69, 9.17) is 4.74 Å². The molecule has 2 fully saturated rings. The maximum Gasteiger partial charge on any atom is 0.306 e. The zero-order chi connectivity index (χ0) is 8.55. The minimum absolute atomic E-state index is 0.133. The molecule has 2 atom stereocenters. The summed E-state index contributed by atoms with van der Waals surface area (Å²) in [6.45, 7) is 0.538. The van der Waals surface area contributed by atoms with E-state index in [2.05, 4.69) is 0 Å². The molecular formula is C9H12O3. The molecule has 66 valence electrons. The van der Waals surface area contributed by atoms with E-state index in [1.54, 1.807) is 0 Å². The lowest BCUT2D eigenvalue weighted by molar-refractivity contribution is -0.155. The molecule has 1 saturated carbocycles. The van der Waals surface area contributed by atoms with Gasteiger partial charge in [0.25, 0.3) is 0 Å². The van der Waals surface area contributed by atoms with Crippen LogP contribution in [0.2, 0.25) is 0 Å². The van der Waals surface area contributed by atoms with Crippen molar-refractivity contribution in [3.63, 3.8) is 0 Å². The molecule has 2 rings (SSSR count). The molecule has 0 amide bonds. The second-order valence-corrected chi connectivity index (χ2v) is 3.69. The van der Waals surface area contributed by atoms with Crippen molar-refractivity contribution in [1.29, 1.82) is 0 Å². The third-order valence-electron chi connectivity index (χ3n) is 2.84. The smallest absolute Gasteiger partial charge is 0.306 e. The van der Waals surface area contributed by atoms with Gasteiger partial charge in [-0.05, 0) is 18.3 Å². The van der Waals surface area contributed by atoms with E-state index >= 15 is 0 Å². The summed E-state index contributed by atoms with van der Waals surface area (Å²) in [4.78, 5) is 22.0. The Morgan fingerprint density at radius 1 is 1.17 bits per heavy atom. The van der Waals surface area contributed by atoms with Crippen LogP contribution in [0.4, 0.5) is 0 Å². The predicted octanol–water partition coefficient (Wildman–Crippen LogP) is 0.919. The Bertz CT molecular complexity index is 200. The molecule has 0 unspecified atom stereocenters. The number of Topliss-reactive ketones (excluding diaryl/α,β-unsaturated/α-hetero) is 1. The van der Waals surface area contributed by atoms with E-state index in [0.717, 1.165) is 6.42 Å². The molecule has 0 N–H and O–H groups in total. The monoisotopic (exact) mass is 168 g/mol. The van der Waals surface area contributed by atoms with Gasteiger partial charge in [-0.1, -0.05) is 0 Å². The molecule has 1 aliphatic carbocycles. The highest BCUT2D eigenvalue weighted by Crippen LogP contribution is 2.33. The lowest BCUT2D eigenvalue weighted by Gasteiger charge is -2.33. The van der Waals surface area contributed by atoms with Crippen LogP contribution in [0.5, 0.6) is 0 Å². The number of ketones is 1. The molecule has 3 nitrogen and oxygen atoms in total. The Balaban J connectivity index is 2.03. The first kappa shape index (κ1) is 7.77. The lowest BCUT2D eigenvalue weighted by Crippen LogP contribution is -2.35. The fourth-order valence-electron chi connectivity index (χ4n) is 2.07. The van der Waals surface area contributed by atoms with Gasteiger partial charge >= 0.3 is 5.97 Å². The van der Waals surface area contributed by atoms with Gasteiger partial charge in [-0.15, -0.1) is 0 Å². The van der Waals surface area contributed by atoms with Crippen LogP contribution in [-0.2, 0) is 14.3 Å². The summed E-state index contributed by atoms with van der Waals surface area (Å²) in [7, 11) is 0. The number of rotatable bonds is 0. The lowest BCUT2D eigenvalue weighted by atomic mass is 9.76. The van der Waals surface area contributed by atoms with Gasteiger partial charge in [0.1, 0.15) is 5.78 Å². The first-order chi connectivity index (χ1) is 5.75. The Kier molecular flexibility index (Phi) is 1.87. The van der Waals surface area contributed by atoms with Gasteiger partial charge < -0.3 is 4.74 Å². The zero-order valence-corrected chi connectivity index (χ0v) is 6.91. The molecule has 0 radical (unpaired) electrons. The normalized spacial score (nSPS) is 35.7. The quantitative estimate of drug-likeness (QED) is 0.505. The number of ether oxygens (including phenoxy) is 1. The SMILES string of the molecule is O=C1CC[C@H]2COC(=O)C[C@H]2C1. The van der Waals surface area contributed by atoms with Crippen molar-refractivity contribution in [2.24, 2.45) is 11.8 Å². The third-order valence-corrected chi connectivity index (χ3v) is 2.84. The molecule has 0 aromatic heterocycles. The molecule has 0 aromatic rings. The summed E-state index contributed by atoms with van der Waals surface area (Å²) in [5, 5.41) is 0. The highest BCUT2D eigenvalue weighted by Gasteiger charge is 2.35. The van der Waals surface area contributed by atoms with E-state index in [9.17, 15) is 9.59 Å². The highest BCUT2D eigenvalue weighted by atomic mass is 16.5. The van der Waals surface area contributed by atoms with Crippen molar-refractivity contribution in [2.45, 2.75) is 25.7 Å². The first-order valence-electron chi connectivity index (χ1n) is 4.43. The van der Waals surface area contributed by atoms with Crippen molar-refractivity contribution in [3.8, 4) is 0 Å². The summed E-state index contributed by atoms with van der Waals surface area (Å²) in [6.07, 6.45) is 2.64. The molecule has 2 aliphatic rings. The average molecular weight is 168 g/mol. The van der Waals surface area contributed by atoms with Crippen LogP contribution in [0.3, 0.4) is 0 Å². The van der Waals surface area contributed by atoms with Gasteiger partial charge in [0.2, 0.25) is 0 Å². The van der Waals surface area contributed by atoms with Crippen LogP contribution in [-0.4, -0.2) is 18.4 Å². The molecule has 0 spiro atoms. The largest absolute Gasteiger partial charge is 0.465 e. The minimum Gasteiger partial charge on any atom is -0.465 e. The topological polar surface area (TPSA) is 43.4 Å². The second kappa shape index (κ2) is 2.88. The fraction of sp³-hybridized carbons (Fsp3) is 0.778.